The van der Waals surface area contributed by atoms with Crippen molar-refractivity contribution in [1.82, 2.24) is 19.5 Å². The van der Waals surface area contributed by atoms with E-state index in [0.717, 1.165) is 4.57 Å². The van der Waals surface area contributed by atoms with Crippen molar-refractivity contribution in [1.29, 1.82) is 0 Å². The van der Waals surface area contributed by atoms with Crippen LogP contribution in [0.3, 0.4) is 0 Å². The predicted molar refractivity (Wildman–Crippen MR) is 136 cm³/mol. The molecule has 0 radical (unpaired) electrons. The van der Waals surface area contributed by atoms with Crippen LogP contribution in [0.15, 0.2) is 62.5 Å². The lowest BCUT2D eigenvalue weighted by molar-refractivity contribution is 0.0461. The standard InChI is InChI=1S/C26H21N5O7/c1-3-36-25(34)19-13(2)38-22-20(19)21(27)29-18(30-22)12-37-24(33)14-9-10-16-17(11-14)28-26(35)31(23(16)32)15-7-5-4-6-8-15/h4-11H,3,12H2,1-2H3,(H,28,35)(H2,27,29,30). The van der Waals surface area contributed by atoms with Crippen molar-refractivity contribution in [3.63, 3.8) is 0 Å². The molecule has 12 nitrogen and oxygen atoms in total. The number of para-hydroxylation sites is 1. The summed E-state index contributed by atoms with van der Waals surface area (Å²) in [6.07, 6.45) is 0. The highest BCUT2D eigenvalue weighted by molar-refractivity contribution is 6.07. The quantitative estimate of drug-likeness (QED) is 0.320. The second-order valence-corrected chi connectivity index (χ2v) is 8.20. The fourth-order valence-corrected chi connectivity index (χ4v) is 4.07. The van der Waals surface area contributed by atoms with E-state index in [4.69, 9.17) is 19.6 Å². The van der Waals surface area contributed by atoms with Gasteiger partial charge in [-0.25, -0.2) is 23.9 Å². The molecule has 0 spiro atoms. The molecular formula is C26H21N5O7. The molecule has 192 valence electrons. The number of esters is 2. The smallest absolute Gasteiger partial charge is 0.342 e. The molecule has 5 rings (SSSR count). The minimum absolute atomic E-state index is 0.0288. The molecule has 0 unspecified atom stereocenters. The van der Waals surface area contributed by atoms with Crippen LogP contribution < -0.4 is 17.0 Å². The number of nitrogens with two attached hydrogens (primary N) is 1. The molecule has 2 aromatic carbocycles. The van der Waals surface area contributed by atoms with E-state index in [1.165, 1.54) is 18.2 Å². The van der Waals surface area contributed by atoms with Crippen LogP contribution in [0.4, 0.5) is 5.82 Å². The van der Waals surface area contributed by atoms with Crippen LogP contribution in [0.25, 0.3) is 27.7 Å². The number of carbonyl (C=O) groups is 2. The lowest BCUT2D eigenvalue weighted by Crippen LogP contribution is -2.33. The second kappa shape index (κ2) is 9.65. The summed E-state index contributed by atoms with van der Waals surface area (Å²) in [5, 5.41) is 0.438. The zero-order valence-corrected chi connectivity index (χ0v) is 20.3. The molecule has 3 N–H and O–H groups in total. The number of aromatic amines is 1. The van der Waals surface area contributed by atoms with E-state index in [-0.39, 0.29) is 63.7 Å². The van der Waals surface area contributed by atoms with Crippen LogP contribution in [0, 0.1) is 6.92 Å². The number of aromatic nitrogens is 4. The SMILES string of the molecule is CCOC(=O)c1c(C)oc2nc(COC(=O)c3ccc4c(=O)n(-c5ccccc5)c(=O)[nH]c4c3)nc(N)c12. The number of nitrogens with zero attached hydrogens (tertiary/aromatic N) is 3. The van der Waals surface area contributed by atoms with Crippen LogP contribution in [-0.4, -0.2) is 38.1 Å². The molecule has 0 aliphatic carbocycles. The third-order valence-corrected chi connectivity index (χ3v) is 5.76. The first-order valence-corrected chi connectivity index (χ1v) is 11.5. The summed E-state index contributed by atoms with van der Waals surface area (Å²) in [6, 6.07) is 12.7. The van der Waals surface area contributed by atoms with Gasteiger partial charge < -0.3 is 24.6 Å². The lowest BCUT2D eigenvalue weighted by atomic mass is 10.1. The Morgan fingerprint density at radius 2 is 1.82 bits per heavy atom. The van der Waals surface area contributed by atoms with Gasteiger partial charge in [0.25, 0.3) is 5.56 Å². The molecule has 0 saturated carbocycles. The largest absolute Gasteiger partial charge is 0.462 e. The fraction of sp³-hybridized carbons (Fsp3) is 0.154. The van der Waals surface area contributed by atoms with Gasteiger partial charge in [0, 0.05) is 0 Å². The Morgan fingerprint density at radius 1 is 1.05 bits per heavy atom. The third kappa shape index (κ3) is 4.28. The van der Waals surface area contributed by atoms with E-state index >= 15 is 0 Å². The zero-order chi connectivity index (χ0) is 27.0. The Labute approximate surface area is 213 Å². The van der Waals surface area contributed by atoms with Crippen molar-refractivity contribution in [3.05, 3.63) is 92.1 Å². The summed E-state index contributed by atoms with van der Waals surface area (Å²) < 4.78 is 16.9. The average molecular weight is 515 g/mol. The van der Waals surface area contributed by atoms with Gasteiger partial charge in [-0.1, -0.05) is 18.2 Å². The summed E-state index contributed by atoms with van der Waals surface area (Å²) >= 11 is 0. The van der Waals surface area contributed by atoms with Crippen LogP contribution in [-0.2, 0) is 16.1 Å². The monoisotopic (exact) mass is 515 g/mol. The molecule has 5 aromatic rings. The highest BCUT2D eigenvalue weighted by Gasteiger charge is 2.24. The third-order valence-electron chi connectivity index (χ3n) is 5.76. The summed E-state index contributed by atoms with van der Waals surface area (Å²) in [6.45, 7) is 3.07. The number of ether oxygens (including phenoxy) is 2. The number of benzene rings is 2. The van der Waals surface area contributed by atoms with Crippen LogP contribution >= 0.6 is 0 Å². The Bertz CT molecular complexity index is 1840. The number of hydrogen-bond acceptors (Lipinski definition) is 10. The predicted octanol–water partition coefficient (Wildman–Crippen LogP) is 2.64. The van der Waals surface area contributed by atoms with E-state index in [1.807, 2.05) is 0 Å². The lowest BCUT2D eigenvalue weighted by Gasteiger charge is -2.08. The topological polar surface area (TPSA) is 172 Å². The first-order valence-electron chi connectivity index (χ1n) is 11.5. The van der Waals surface area contributed by atoms with Gasteiger partial charge in [0.1, 0.15) is 17.1 Å². The molecule has 3 aromatic heterocycles. The number of anilines is 1. The van der Waals surface area contributed by atoms with Gasteiger partial charge in [0.2, 0.25) is 5.71 Å². The van der Waals surface area contributed by atoms with Crippen LogP contribution in [0.2, 0.25) is 0 Å². The number of furan rings is 1. The van der Waals surface area contributed by atoms with E-state index in [9.17, 15) is 19.2 Å². The van der Waals surface area contributed by atoms with Gasteiger partial charge >= 0.3 is 17.6 Å². The van der Waals surface area contributed by atoms with Crippen molar-refractivity contribution >= 4 is 39.8 Å². The zero-order valence-electron chi connectivity index (χ0n) is 20.3. The van der Waals surface area contributed by atoms with Gasteiger partial charge in [-0.2, -0.15) is 4.98 Å². The first kappa shape index (κ1) is 24.4. The normalized spacial score (nSPS) is 11.1. The highest BCUT2D eigenvalue weighted by Crippen LogP contribution is 2.29. The molecule has 0 saturated heterocycles. The van der Waals surface area contributed by atoms with Crippen molar-refractivity contribution in [2.75, 3.05) is 12.3 Å². The number of fused-ring (bicyclic) bond motifs is 2. The Kier molecular flexibility index (Phi) is 6.21. The van der Waals surface area contributed by atoms with E-state index < -0.39 is 23.2 Å². The van der Waals surface area contributed by atoms with Gasteiger partial charge in [-0.3, -0.25) is 4.79 Å². The van der Waals surface area contributed by atoms with Crippen molar-refractivity contribution in [3.8, 4) is 5.69 Å². The molecule has 0 fully saturated rings. The van der Waals surface area contributed by atoms with E-state index in [2.05, 4.69) is 15.0 Å². The van der Waals surface area contributed by atoms with Crippen molar-refractivity contribution in [2.24, 2.45) is 0 Å². The molecule has 3 heterocycles. The Morgan fingerprint density at radius 3 is 2.55 bits per heavy atom. The Hall–Kier alpha value is -5.26. The Balaban J connectivity index is 1.40. The van der Waals surface area contributed by atoms with Gasteiger partial charge in [-0.05, 0) is 44.2 Å². The summed E-state index contributed by atoms with van der Waals surface area (Å²) in [5.41, 5.74) is 5.76. The van der Waals surface area contributed by atoms with Crippen LogP contribution in [0.1, 0.15) is 39.2 Å². The number of nitrogen functional groups attached to an aromatic ring is 1. The molecule has 0 bridgehead atoms. The number of aryl methyl sites for hydroxylation is 1. The molecule has 0 aliphatic heterocycles. The summed E-state index contributed by atoms with van der Waals surface area (Å²) in [4.78, 5) is 61.5. The van der Waals surface area contributed by atoms with Gasteiger partial charge in [0.05, 0.1) is 34.1 Å². The van der Waals surface area contributed by atoms with Crippen LogP contribution in [0.5, 0.6) is 0 Å². The second-order valence-electron chi connectivity index (χ2n) is 8.20. The maximum Gasteiger partial charge on any atom is 0.342 e. The summed E-state index contributed by atoms with van der Waals surface area (Å²) in [7, 11) is 0. The molecular weight excluding hydrogens is 494 g/mol. The minimum Gasteiger partial charge on any atom is -0.462 e. The first-order chi connectivity index (χ1) is 18.3. The van der Waals surface area contributed by atoms with E-state index in [1.54, 1.807) is 44.2 Å². The average Bonchev–Trinajstić information content (AvgIpc) is 3.24. The molecule has 12 heteroatoms. The molecule has 38 heavy (non-hydrogen) atoms. The van der Waals surface area contributed by atoms with Crippen molar-refractivity contribution in [2.45, 2.75) is 20.5 Å². The number of carbonyl (C=O) groups excluding carboxylic acids is 2. The maximum atomic E-state index is 12.9. The fourth-order valence-electron chi connectivity index (χ4n) is 4.07. The number of rotatable bonds is 6. The number of hydrogen-bond donors (Lipinski definition) is 2. The van der Waals surface area contributed by atoms with E-state index in [0.29, 0.717) is 5.69 Å². The van der Waals surface area contributed by atoms with Gasteiger partial charge in [0.15, 0.2) is 12.4 Å². The molecule has 0 atom stereocenters. The maximum absolute atomic E-state index is 12.9. The molecule has 0 amide bonds. The van der Waals surface area contributed by atoms with Gasteiger partial charge in [-0.15, -0.1) is 0 Å². The van der Waals surface area contributed by atoms with Crippen molar-refractivity contribution < 1.29 is 23.5 Å². The summed E-state index contributed by atoms with van der Waals surface area (Å²) in [5.74, 6) is -1.07. The minimum atomic E-state index is -0.745. The molecule has 0 aliphatic rings. The number of nitrogens with one attached hydrogen (secondary N) is 1. The highest BCUT2D eigenvalue weighted by atomic mass is 16.5. The number of H-pyrrole nitrogens is 1.